The molecule has 1 saturated heterocycles. The Bertz CT molecular complexity index is 609. The van der Waals surface area contributed by atoms with Crippen LogP contribution >= 0.6 is 0 Å². The summed E-state index contributed by atoms with van der Waals surface area (Å²) in [4.78, 5) is 36.9. The Kier molecular flexibility index (Phi) is 6.73. The number of ketones is 1. The fourth-order valence-electron chi connectivity index (χ4n) is 2.62. The number of aryl methyl sites for hydroxylation is 1. The van der Waals surface area contributed by atoms with Crippen molar-refractivity contribution in [1.29, 1.82) is 0 Å². The zero-order chi connectivity index (χ0) is 17.4. The van der Waals surface area contributed by atoms with E-state index >= 15 is 0 Å². The van der Waals surface area contributed by atoms with Crippen LogP contribution in [0.25, 0.3) is 0 Å². The third-order valence-corrected chi connectivity index (χ3v) is 4.00. The molecule has 0 spiro atoms. The van der Waals surface area contributed by atoms with Gasteiger partial charge >= 0.3 is 5.97 Å². The molecule has 1 amide bonds. The van der Waals surface area contributed by atoms with Crippen molar-refractivity contribution in [2.75, 3.05) is 19.7 Å². The number of likely N-dealkylation sites (tertiary alicyclic amines) is 1. The second kappa shape index (κ2) is 9.01. The van der Waals surface area contributed by atoms with Gasteiger partial charge in [0.05, 0.1) is 6.54 Å². The SMILES string of the molecule is C=C(CC(=O)CCc1ccccc1)C(=O)OCCN1CCCC1=O. The third kappa shape index (κ3) is 5.65. The van der Waals surface area contributed by atoms with E-state index < -0.39 is 5.97 Å². The average Bonchev–Trinajstić information content (AvgIpc) is 2.99. The van der Waals surface area contributed by atoms with Crippen LogP contribution in [0.5, 0.6) is 0 Å². The van der Waals surface area contributed by atoms with Crippen LogP contribution in [0.2, 0.25) is 0 Å². The van der Waals surface area contributed by atoms with Crippen LogP contribution in [-0.4, -0.2) is 42.3 Å². The van der Waals surface area contributed by atoms with Gasteiger partial charge in [0.1, 0.15) is 12.4 Å². The van der Waals surface area contributed by atoms with Crippen LogP contribution in [0.4, 0.5) is 0 Å². The van der Waals surface area contributed by atoms with Gasteiger partial charge in [0.15, 0.2) is 0 Å². The van der Waals surface area contributed by atoms with E-state index in [2.05, 4.69) is 6.58 Å². The molecule has 2 rings (SSSR count). The maximum atomic E-state index is 11.9. The minimum absolute atomic E-state index is 0.00825. The molecule has 0 aromatic heterocycles. The topological polar surface area (TPSA) is 63.7 Å². The third-order valence-electron chi connectivity index (χ3n) is 4.00. The normalized spacial score (nSPS) is 13.8. The lowest BCUT2D eigenvalue weighted by Crippen LogP contribution is -2.29. The second-order valence-corrected chi connectivity index (χ2v) is 5.92. The number of Topliss-reactive ketones (excluding diaryl/α,β-unsaturated/α-hetero) is 1. The number of carbonyl (C=O) groups excluding carboxylic acids is 3. The Balaban J connectivity index is 1.64. The molecular weight excluding hydrogens is 306 g/mol. The van der Waals surface area contributed by atoms with Crippen molar-refractivity contribution in [2.24, 2.45) is 0 Å². The molecule has 1 fully saturated rings. The number of carbonyl (C=O) groups is 3. The molecule has 0 radical (unpaired) electrons. The molecule has 0 atom stereocenters. The smallest absolute Gasteiger partial charge is 0.333 e. The molecule has 0 bridgehead atoms. The van der Waals surface area contributed by atoms with Crippen molar-refractivity contribution in [3.8, 4) is 0 Å². The molecule has 5 heteroatoms. The van der Waals surface area contributed by atoms with Gasteiger partial charge in [-0.2, -0.15) is 0 Å². The number of nitrogens with zero attached hydrogens (tertiary/aromatic N) is 1. The number of rotatable bonds is 9. The average molecular weight is 329 g/mol. The molecule has 1 aromatic rings. The molecule has 24 heavy (non-hydrogen) atoms. The molecule has 5 nitrogen and oxygen atoms in total. The van der Waals surface area contributed by atoms with E-state index in [-0.39, 0.29) is 30.3 Å². The highest BCUT2D eigenvalue weighted by Crippen LogP contribution is 2.10. The predicted molar refractivity (Wildman–Crippen MR) is 90.3 cm³/mol. The summed E-state index contributed by atoms with van der Waals surface area (Å²) in [6.07, 6.45) is 2.46. The fourth-order valence-corrected chi connectivity index (χ4v) is 2.62. The van der Waals surface area contributed by atoms with Crippen molar-refractivity contribution in [3.63, 3.8) is 0 Å². The van der Waals surface area contributed by atoms with Crippen molar-refractivity contribution in [2.45, 2.75) is 32.1 Å². The van der Waals surface area contributed by atoms with Crippen LogP contribution < -0.4 is 0 Å². The van der Waals surface area contributed by atoms with Gasteiger partial charge in [-0.1, -0.05) is 36.9 Å². The van der Waals surface area contributed by atoms with E-state index in [1.807, 2.05) is 30.3 Å². The van der Waals surface area contributed by atoms with Crippen LogP contribution in [0, 0.1) is 0 Å². The summed E-state index contributed by atoms with van der Waals surface area (Å²) < 4.78 is 5.09. The molecule has 0 unspecified atom stereocenters. The summed E-state index contributed by atoms with van der Waals surface area (Å²) in [6, 6.07) is 9.73. The van der Waals surface area contributed by atoms with E-state index in [0.29, 0.717) is 25.8 Å². The lowest BCUT2D eigenvalue weighted by atomic mass is 10.0. The van der Waals surface area contributed by atoms with E-state index in [0.717, 1.165) is 18.5 Å². The first-order chi connectivity index (χ1) is 11.6. The standard InChI is InChI=1S/C19H23NO4/c1-15(14-17(21)10-9-16-6-3-2-4-7-16)19(23)24-13-12-20-11-5-8-18(20)22/h2-4,6-7H,1,5,8-14H2. The first-order valence-electron chi connectivity index (χ1n) is 8.24. The van der Waals surface area contributed by atoms with Crippen LogP contribution in [0.1, 0.15) is 31.2 Å². The van der Waals surface area contributed by atoms with E-state index in [9.17, 15) is 14.4 Å². The Morgan fingerprint density at radius 1 is 1.21 bits per heavy atom. The zero-order valence-electron chi connectivity index (χ0n) is 13.8. The van der Waals surface area contributed by atoms with Crippen molar-refractivity contribution in [3.05, 3.63) is 48.0 Å². The summed E-state index contributed by atoms with van der Waals surface area (Å²) in [5, 5.41) is 0. The second-order valence-electron chi connectivity index (χ2n) is 5.92. The van der Waals surface area contributed by atoms with Crippen molar-refractivity contribution < 1.29 is 19.1 Å². The molecule has 0 saturated carbocycles. The van der Waals surface area contributed by atoms with E-state index in [1.165, 1.54) is 0 Å². The van der Waals surface area contributed by atoms with Gasteiger partial charge in [-0.05, 0) is 18.4 Å². The molecule has 0 N–H and O–H groups in total. The predicted octanol–water partition coefficient (Wildman–Crippen LogP) is 2.30. The monoisotopic (exact) mass is 329 g/mol. The van der Waals surface area contributed by atoms with Gasteiger partial charge in [0.25, 0.3) is 0 Å². The summed E-state index contributed by atoms with van der Waals surface area (Å²) in [5.41, 5.74) is 1.26. The van der Waals surface area contributed by atoms with E-state index in [4.69, 9.17) is 4.74 Å². The number of amides is 1. The molecule has 1 aliphatic heterocycles. The maximum absolute atomic E-state index is 11.9. The van der Waals surface area contributed by atoms with Crippen molar-refractivity contribution in [1.82, 2.24) is 4.90 Å². The van der Waals surface area contributed by atoms with Gasteiger partial charge in [-0.25, -0.2) is 4.79 Å². The van der Waals surface area contributed by atoms with E-state index in [1.54, 1.807) is 4.90 Å². The molecule has 1 aromatic carbocycles. The van der Waals surface area contributed by atoms with Crippen molar-refractivity contribution >= 4 is 17.7 Å². The Hall–Kier alpha value is -2.43. The van der Waals surface area contributed by atoms with Gasteiger partial charge in [0.2, 0.25) is 5.91 Å². The van der Waals surface area contributed by atoms with Gasteiger partial charge < -0.3 is 9.64 Å². The molecule has 1 aliphatic rings. The van der Waals surface area contributed by atoms with Gasteiger partial charge in [-0.15, -0.1) is 0 Å². The molecule has 128 valence electrons. The summed E-state index contributed by atoms with van der Waals surface area (Å²) in [6.45, 7) is 4.90. The number of ether oxygens (including phenoxy) is 1. The molecule has 0 aliphatic carbocycles. The highest BCUT2D eigenvalue weighted by Gasteiger charge is 2.20. The zero-order valence-corrected chi connectivity index (χ0v) is 13.8. The fraction of sp³-hybridized carbons (Fsp3) is 0.421. The number of hydrogen-bond acceptors (Lipinski definition) is 4. The minimum atomic E-state index is -0.560. The van der Waals surface area contributed by atoms with Crippen LogP contribution in [0.15, 0.2) is 42.5 Å². The number of hydrogen-bond donors (Lipinski definition) is 0. The largest absolute Gasteiger partial charge is 0.460 e. The summed E-state index contributed by atoms with van der Waals surface area (Å²) in [5.74, 6) is -0.494. The first-order valence-corrected chi connectivity index (χ1v) is 8.24. The maximum Gasteiger partial charge on any atom is 0.333 e. The van der Waals surface area contributed by atoms with Crippen LogP contribution in [0.3, 0.4) is 0 Å². The quantitative estimate of drug-likeness (QED) is 0.515. The molecule has 1 heterocycles. The highest BCUT2D eigenvalue weighted by molar-refractivity contribution is 5.95. The number of esters is 1. The van der Waals surface area contributed by atoms with Crippen LogP contribution in [-0.2, 0) is 25.5 Å². The summed E-state index contributed by atoms with van der Waals surface area (Å²) >= 11 is 0. The Morgan fingerprint density at radius 3 is 2.62 bits per heavy atom. The Labute approximate surface area is 142 Å². The Morgan fingerprint density at radius 2 is 1.96 bits per heavy atom. The summed E-state index contributed by atoms with van der Waals surface area (Å²) in [7, 11) is 0. The highest BCUT2D eigenvalue weighted by atomic mass is 16.5. The van der Waals surface area contributed by atoms with Gasteiger partial charge in [0, 0.05) is 31.4 Å². The lowest BCUT2D eigenvalue weighted by Gasteiger charge is -2.15. The molecular formula is C19H23NO4. The first kappa shape index (κ1) is 17.9. The number of benzene rings is 1. The van der Waals surface area contributed by atoms with Gasteiger partial charge in [-0.3, -0.25) is 9.59 Å². The lowest BCUT2D eigenvalue weighted by molar-refractivity contribution is -0.141. The minimum Gasteiger partial charge on any atom is -0.460 e.